The number of benzene rings is 2. The van der Waals surface area contributed by atoms with Gasteiger partial charge in [0.05, 0.1) is 9.82 Å². The molecule has 0 aromatic heterocycles. The van der Waals surface area contributed by atoms with Crippen LogP contribution in [0.5, 0.6) is 5.75 Å². The molecule has 0 spiro atoms. The average Bonchev–Trinajstić information content (AvgIpc) is 2.55. The number of hydrogen-bond donors (Lipinski definition) is 2. The predicted molar refractivity (Wildman–Crippen MR) is 86.6 cm³/mol. The van der Waals surface area contributed by atoms with Crippen molar-refractivity contribution in [1.82, 2.24) is 0 Å². The van der Waals surface area contributed by atoms with E-state index in [1.165, 1.54) is 12.1 Å². The third kappa shape index (κ3) is 4.23. The van der Waals surface area contributed by atoms with E-state index in [0.29, 0.717) is 18.6 Å². The largest absolute Gasteiger partial charge is 0.508 e. The molecule has 0 aliphatic heterocycles. The van der Waals surface area contributed by atoms with Crippen molar-refractivity contribution < 1.29 is 31.6 Å². The molecule has 0 saturated carbocycles. The Hall–Kier alpha value is -2.82. The number of anilines is 1. The summed E-state index contributed by atoms with van der Waals surface area (Å²) in [5.41, 5.74) is -5.61. The smallest absolute Gasteiger partial charge is 0.501 e. The quantitative estimate of drug-likeness (QED) is 0.579. The number of halogens is 3. The van der Waals surface area contributed by atoms with Gasteiger partial charge in [-0.1, -0.05) is 12.1 Å². The predicted octanol–water partition coefficient (Wildman–Crippen LogP) is 3.25. The molecule has 7 nitrogen and oxygen atoms in total. The molecule has 0 heterocycles. The number of phenols is 1. The van der Waals surface area contributed by atoms with Crippen LogP contribution in [0.1, 0.15) is 5.56 Å². The Kier molecular flexibility index (Phi) is 5.40. The van der Waals surface area contributed by atoms with E-state index in [-0.39, 0.29) is 18.0 Å². The lowest BCUT2D eigenvalue weighted by molar-refractivity contribution is -0.384. The number of hydrogen-bond acceptors (Lipinski definition) is 6. The van der Waals surface area contributed by atoms with Crippen LogP contribution in [0.2, 0.25) is 0 Å². The summed E-state index contributed by atoms with van der Waals surface area (Å²) >= 11 is 0. The van der Waals surface area contributed by atoms with Gasteiger partial charge in [-0.25, -0.2) is 8.42 Å². The number of sulfone groups is 1. The Bertz CT molecular complexity index is 912. The molecule has 0 unspecified atom stereocenters. The first-order chi connectivity index (χ1) is 12.0. The Morgan fingerprint density at radius 2 is 1.73 bits per heavy atom. The van der Waals surface area contributed by atoms with Crippen molar-refractivity contribution in [3.8, 4) is 5.75 Å². The summed E-state index contributed by atoms with van der Waals surface area (Å²) < 4.78 is 60.5. The summed E-state index contributed by atoms with van der Waals surface area (Å²) in [7, 11) is -5.67. The van der Waals surface area contributed by atoms with Gasteiger partial charge >= 0.3 is 5.51 Å². The molecule has 0 amide bonds. The van der Waals surface area contributed by atoms with Crippen molar-refractivity contribution in [3.05, 3.63) is 58.1 Å². The molecule has 26 heavy (non-hydrogen) atoms. The molecule has 0 fully saturated rings. The molecule has 0 radical (unpaired) electrons. The van der Waals surface area contributed by atoms with Gasteiger partial charge in [0.15, 0.2) is 0 Å². The minimum Gasteiger partial charge on any atom is -0.508 e. The molecular formula is C15H13F3N2O5S. The highest BCUT2D eigenvalue weighted by Crippen LogP contribution is 2.34. The summed E-state index contributed by atoms with van der Waals surface area (Å²) in [6.45, 7) is 0.205. The molecule has 2 N–H and O–H groups in total. The molecule has 0 aliphatic rings. The summed E-state index contributed by atoms with van der Waals surface area (Å²) in [5.74, 6) is 0.0822. The SMILES string of the molecule is O=[N+]([O-])c1cc(S(=O)(=O)C(F)(F)F)ccc1NCCc1ccc(O)cc1. The minimum absolute atomic E-state index is 0.0822. The Balaban J connectivity index is 2.21. The van der Waals surface area contributed by atoms with Crippen LogP contribution in [-0.4, -0.2) is 30.5 Å². The van der Waals surface area contributed by atoms with Gasteiger partial charge in [-0.2, -0.15) is 13.2 Å². The molecule has 0 aliphatic carbocycles. The van der Waals surface area contributed by atoms with Gasteiger partial charge in [0.1, 0.15) is 11.4 Å². The molecule has 2 rings (SSSR count). The number of alkyl halides is 3. The maximum atomic E-state index is 12.6. The van der Waals surface area contributed by atoms with Crippen LogP contribution >= 0.6 is 0 Å². The first kappa shape index (κ1) is 19.5. The summed E-state index contributed by atoms with van der Waals surface area (Å²) in [4.78, 5) is 8.93. The van der Waals surface area contributed by atoms with E-state index in [2.05, 4.69) is 5.32 Å². The van der Waals surface area contributed by atoms with Gasteiger partial charge in [-0.15, -0.1) is 0 Å². The first-order valence-corrected chi connectivity index (χ1v) is 8.62. The second kappa shape index (κ2) is 7.20. The zero-order chi connectivity index (χ0) is 19.5. The maximum absolute atomic E-state index is 12.6. The van der Waals surface area contributed by atoms with Crippen LogP contribution in [0.25, 0.3) is 0 Å². The molecule has 2 aromatic carbocycles. The average molecular weight is 390 g/mol. The molecule has 0 bridgehead atoms. The highest BCUT2D eigenvalue weighted by atomic mass is 32.2. The van der Waals surface area contributed by atoms with Gasteiger partial charge in [0.25, 0.3) is 15.5 Å². The van der Waals surface area contributed by atoms with Gasteiger partial charge in [-0.3, -0.25) is 10.1 Å². The number of nitro benzene ring substituents is 1. The second-order valence-corrected chi connectivity index (χ2v) is 7.17. The minimum atomic E-state index is -5.67. The standard InChI is InChI=1S/C15H13F3N2O5S/c16-15(17,18)26(24,25)12-5-6-13(14(9-12)20(22)23)19-8-7-10-1-3-11(21)4-2-10/h1-6,9,19,21H,7-8H2. The first-order valence-electron chi connectivity index (χ1n) is 7.14. The highest BCUT2D eigenvalue weighted by Gasteiger charge is 2.47. The van der Waals surface area contributed by atoms with Gasteiger partial charge < -0.3 is 10.4 Å². The van der Waals surface area contributed by atoms with Crippen LogP contribution in [0, 0.1) is 10.1 Å². The fraction of sp³-hybridized carbons (Fsp3) is 0.200. The fourth-order valence-corrected chi connectivity index (χ4v) is 2.90. The van der Waals surface area contributed by atoms with E-state index in [4.69, 9.17) is 0 Å². The monoisotopic (exact) mass is 390 g/mol. The number of nitro groups is 1. The molecule has 0 saturated heterocycles. The molecule has 0 atom stereocenters. The van der Waals surface area contributed by atoms with E-state index in [0.717, 1.165) is 11.6 Å². The van der Waals surface area contributed by atoms with Crippen LogP contribution in [0.15, 0.2) is 47.4 Å². The topological polar surface area (TPSA) is 110 Å². The summed E-state index contributed by atoms with van der Waals surface area (Å²) in [5, 5.41) is 23.0. The number of aromatic hydroxyl groups is 1. The zero-order valence-corrected chi connectivity index (χ0v) is 13.8. The lowest BCUT2D eigenvalue weighted by atomic mass is 10.1. The molecule has 140 valence electrons. The van der Waals surface area contributed by atoms with E-state index in [9.17, 15) is 36.8 Å². The number of nitrogens with zero attached hydrogens (tertiary/aromatic N) is 1. The van der Waals surface area contributed by atoms with E-state index in [1.54, 1.807) is 12.1 Å². The number of phenolic OH excluding ortho intramolecular Hbond substituents is 1. The normalized spacial score (nSPS) is 12.0. The van der Waals surface area contributed by atoms with Crippen LogP contribution in [0.3, 0.4) is 0 Å². The van der Waals surface area contributed by atoms with Crippen molar-refractivity contribution in [2.75, 3.05) is 11.9 Å². The van der Waals surface area contributed by atoms with Crippen LogP contribution < -0.4 is 5.32 Å². The Morgan fingerprint density at radius 1 is 1.12 bits per heavy atom. The van der Waals surface area contributed by atoms with Crippen LogP contribution in [-0.2, 0) is 16.3 Å². The van der Waals surface area contributed by atoms with Gasteiger partial charge in [0.2, 0.25) is 0 Å². The van der Waals surface area contributed by atoms with Gasteiger partial charge in [0, 0.05) is 12.6 Å². The maximum Gasteiger partial charge on any atom is 0.501 e. The Morgan fingerprint density at radius 3 is 2.27 bits per heavy atom. The number of nitrogens with one attached hydrogen (secondary N) is 1. The van der Waals surface area contributed by atoms with Crippen molar-refractivity contribution in [3.63, 3.8) is 0 Å². The third-order valence-electron chi connectivity index (χ3n) is 3.45. The molecule has 11 heteroatoms. The summed E-state index contributed by atoms with van der Waals surface area (Å²) in [6, 6.07) is 8.19. The van der Waals surface area contributed by atoms with Crippen molar-refractivity contribution in [2.24, 2.45) is 0 Å². The number of rotatable bonds is 6. The van der Waals surface area contributed by atoms with Gasteiger partial charge in [-0.05, 0) is 36.2 Å². The third-order valence-corrected chi connectivity index (χ3v) is 4.93. The van der Waals surface area contributed by atoms with E-state index in [1.807, 2.05) is 0 Å². The zero-order valence-electron chi connectivity index (χ0n) is 13.0. The fourth-order valence-electron chi connectivity index (χ4n) is 2.12. The van der Waals surface area contributed by atoms with Crippen molar-refractivity contribution in [1.29, 1.82) is 0 Å². The van der Waals surface area contributed by atoms with Crippen LogP contribution in [0.4, 0.5) is 24.5 Å². The lowest BCUT2D eigenvalue weighted by Gasteiger charge is -2.11. The molecule has 2 aromatic rings. The van der Waals surface area contributed by atoms with Crippen molar-refractivity contribution in [2.45, 2.75) is 16.8 Å². The van der Waals surface area contributed by atoms with Crippen molar-refractivity contribution >= 4 is 21.2 Å². The second-order valence-electron chi connectivity index (χ2n) is 5.23. The van der Waals surface area contributed by atoms with E-state index < -0.39 is 30.9 Å². The molecular weight excluding hydrogens is 377 g/mol. The highest BCUT2D eigenvalue weighted by molar-refractivity contribution is 7.92. The summed E-state index contributed by atoms with van der Waals surface area (Å²) in [6.07, 6.45) is 0.417. The Labute approximate surface area is 146 Å². The van der Waals surface area contributed by atoms with E-state index >= 15 is 0 Å². The lowest BCUT2D eigenvalue weighted by Crippen LogP contribution is -2.23.